The minimum absolute atomic E-state index is 0.0600. The summed E-state index contributed by atoms with van der Waals surface area (Å²) < 4.78 is 16.6. The first-order valence-corrected chi connectivity index (χ1v) is 11.9. The van der Waals surface area contributed by atoms with Gasteiger partial charge in [0.05, 0.1) is 18.9 Å². The van der Waals surface area contributed by atoms with Gasteiger partial charge in [-0.25, -0.2) is 5.43 Å². The molecular weight excluding hydrogens is 488 g/mol. The predicted octanol–water partition coefficient (Wildman–Crippen LogP) is 2.81. The third-order valence-corrected chi connectivity index (χ3v) is 5.59. The Hall–Kier alpha value is -3.63. The molecule has 1 aliphatic rings. The van der Waals surface area contributed by atoms with E-state index in [9.17, 15) is 14.4 Å². The normalized spacial score (nSPS) is 14.9. The summed E-state index contributed by atoms with van der Waals surface area (Å²) in [4.78, 5) is 36.1. The first-order chi connectivity index (χ1) is 17.4. The van der Waals surface area contributed by atoms with Crippen LogP contribution in [0.2, 0.25) is 5.02 Å². The number of anilines is 1. The quantitative estimate of drug-likeness (QED) is 0.253. The van der Waals surface area contributed by atoms with Gasteiger partial charge in [-0.15, -0.1) is 0 Å². The van der Waals surface area contributed by atoms with Crippen molar-refractivity contribution in [1.29, 1.82) is 0 Å². The number of nitrogens with one attached hydrogen (secondary N) is 3. The number of hydrogen-bond donors (Lipinski definition) is 3. The Bertz CT molecular complexity index is 1120. The van der Waals surface area contributed by atoms with Crippen LogP contribution in [0.25, 0.3) is 0 Å². The van der Waals surface area contributed by atoms with Crippen molar-refractivity contribution in [3.8, 4) is 11.5 Å². The fraction of sp³-hybridized carbons (Fsp3) is 0.360. The van der Waals surface area contributed by atoms with Crippen molar-refractivity contribution in [2.45, 2.75) is 32.8 Å². The molecule has 3 N–H and O–H groups in total. The van der Waals surface area contributed by atoms with Crippen LogP contribution >= 0.6 is 11.6 Å². The average Bonchev–Trinajstić information content (AvgIpc) is 3.38. The fourth-order valence-electron chi connectivity index (χ4n) is 3.31. The second-order valence-corrected chi connectivity index (χ2v) is 8.39. The molecule has 10 nitrogen and oxygen atoms in total. The lowest BCUT2D eigenvalue weighted by Crippen LogP contribution is -2.41. The molecule has 36 heavy (non-hydrogen) atoms. The molecule has 3 rings (SSSR count). The maximum atomic E-state index is 12.3. The molecule has 0 aromatic heterocycles. The third-order valence-electron chi connectivity index (χ3n) is 5.18. The minimum Gasteiger partial charge on any atom is -0.490 e. The summed E-state index contributed by atoms with van der Waals surface area (Å²) in [5, 5.41) is 9.62. The van der Waals surface area contributed by atoms with Crippen LogP contribution in [0, 0.1) is 6.92 Å². The summed E-state index contributed by atoms with van der Waals surface area (Å²) in [6, 6.07) is 10.2. The Balaban J connectivity index is 1.51. The van der Waals surface area contributed by atoms with Gasteiger partial charge in [0, 0.05) is 23.9 Å². The summed E-state index contributed by atoms with van der Waals surface area (Å²) in [7, 11) is 0. The standard InChI is InChI=1S/C25H29ClN4O6/c1-3-34-22-11-17(13-28-30-25(33)24(32)27-14-19-5-4-10-35-19)7-9-21(22)36-15-23(31)29-18-8-6-16(2)20(26)12-18/h6-9,11-13,19H,3-5,10,14-15H2,1-2H3,(H,27,32)(H,29,31)(H,30,33)/b28-13-/t19-/m1/s1. The molecule has 2 aromatic rings. The van der Waals surface area contributed by atoms with Gasteiger partial charge < -0.3 is 24.8 Å². The van der Waals surface area contributed by atoms with Crippen LogP contribution < -0.4 is 25.5 Å². The summed E-state index contributed by atoms with van der Waals surface area (Å²) in [6.45, 7) is 4.77. The van der Waals surface area contributed by atoms with Crippen molar-refractivity contribution in [3.63, 3.8) is 0 Å². The van der Waals surface area contributed by atoms with Crippen LogP contribution in [0.3, 0.4) is 0 Å². The van der Waals surface area contributed by atoms with E-state index < -0.39 is 11.8 Å². The number of rotatable bonds is 10. The largest absolute Gasteiger partial charge is 0.490 e. The van der Waals surface area contributed by atoms with Crippen molar-refractivity contribution in [3.05, 3.63) is 52.5 Å². The van der Waals surface area contributed by atoms with Gasteiger partial charge in [0.25, 0.3) is 5.91 Å². The molecular formula is C25H29ClN4O6. The Morgan fingerprint density at radius 2 is 1.97 bits per heavy atom. The highest BCUT2D eigenvalue weighted by Gasteiger charge is 2.19. The molecule has 2 aromatic carbocycles. The highest BCUT2D eigenvalue weighted by atomic mass is 35.5. The van der Waals surface area contributed by atoms with E-state index in [2.05, 4.69) is 21.2 Å². The molecule has 192 valence electrons. The molecule has 0 unspecified atom stereocenters. The third kappa shape index (κ3) is 8.24. The van der Waals surface area contributed by atoms with E-state index in [1.54, 1.807) is 30.3 Å². The van der Waals surface area contributed by atoms with Crippen molar-refractivity contribution < 1.29 is 28.6 Å². The van der Waals surface area contributed by atoms with Crippen LogP contribution in [0.5, 0.6) is 11.5 Å². The van der Waals surface area contributed by atoms with E-state index in [1.807, 2.05) is 19.9 Å². The lowest BCUT2D eigenvalue weighted by atomic mass is 10.2. The lowest BCUT2D eigenvalue weighted by Gasteiger charge is -2.13. The van der Waals surface area contributed by atoms with Gasteiger partial charge in [-0.3, -0.25) is 14.4 Å². The number of ether oxygens (including phenoxy) is 3. The zero-order chi connectivity index (χ0) is 25.9. The van der Waals surface area contributed by atoms with Gasteiger partial charge in [0.1, 0.15) is 0 Å². The monoisotopic (exact) mass is 516 g/mol. The minimum atomic E-state index is -0.880. The second kappa shape index (κ2) is 13.5. The van der Waals surface area contributed by atoms with Crippen LogP contribution in [0.15, 0.2) is 41.5 Å². The van der Waals surface area contributed by atoms with Gasteiger partial charge in [-0.1, -0.05) is 17.7 Å². The number of amides is 3. The Kier molecular flexibility index (Phi) is 10.1. The fourth-order valence-corrected chi connectivity index (χ4v) is 3.49. The first-order valence-electron chi connectivity index (χ1n) is 11.5. The van der Waals surface area contributed by atoms with E-state index in [0.29, 0.717) is 41.0 Å². The molecule has 1 saturated heterocycles. The van der Waals surface area contributed by atoms with E-state index in [4.69, 9.17) is 25.8 Å². The van der Waals surface area contributed by atoms with E-state index in [-0.39, 0.29) is 25.2 Å². The molecule has 1 atom stereocenters. The van der Waals surface area contributed by atoms with Gasteiger partial charge in [-0.05, 0) is 68.1 Å². The molecule has 0 radical (unpaired) electrons. The van der Waals surface area contributed by atoms with Crippen molar-refractivity contribution in [1.82, 2.24) is 10.7 Å². The van der Waals surface area contributed by atoms with Crippen molar-refractivity contribution in [2.75, 3.05) is 31.7 Å². The molecule has 1 heterocycles. The zero-order valence-corrected chi connectivity index (χ0v) is 20.9. The van der Waals surface area contributed by atoms with Crippen LogP contribution in [-0.4, -0.2) is 56.4 Å². The van der Waals surface area contributed by atoms with Gasteiger partial charge in [0.15, 0.2) is 18.1 Å². The maximum Gasteiger partial charge on any atom is 0.329 e. The van der Waals surface area contributed by atoms with E-state index >= 15 is 0 Å². The molecule has 3 amide bonds. The van der Waals surface area contributed by atoms with Crippen molar-refractivity contribution in [2.24, 2.45) is 5.10 Å². The second-order valence-electron chi connectivity index (χ2n) is 7.98. The lowest BCUT2D eigenvalue weighted by molar-refractivity contribution is -0.139. The summed E-state index contributed by atoms with van der Waals surface area (Å²) in [5.41, 5.74) is 4.25. The smallest absolute Gasteiger partial charge is 0.329 e. The molecule has 0 aliphatic carbocycles. The molecule has 1 fully saturated rings. The first kappa shape index (κ1) is 27.0. The zero-order valence-electron chi connectivity index (χ0n) is 20.1. The SMILES string of the molecule is CCOc1cc(/C=N\NC(=O)C(=O)NC[C@H]2CCCO2)ccc1OCC(=O)Nc1ccc(C)c(Cl)c1. The number of halogens is 1. The summed E-state index contributed by atoms with van der Waals surface area (Å²) in [5.74, 6) is -1.26. The maximum absolute atomic E-state index is 12.3. The number of nitrogens with zero attached hydrogens (tertiary/aromatic N) is 1. The Morgan fingerprint density at radius 1 is 1.14 bits per heavy atom. The summed E-state index contributed by atoms with van der Waals surface area (Å²) >= 11 is 6.09. The van der Waals surface area contributed by atoms with Crippen LogP contribution in [-0.2, 0) is 19.1 Å². The van der Waals surface area contributed by atoms with Crippen LogP contribution in [0.1, 0.15) is 30.9 Å². The average molecular weight is 517 g/mol. The highest BCUT2D eigenvalue weighted by molar-refractivity contribution is 6.35. The van der Waals surface area contributed by atoms with Gasteiger partial charge >= 0.3 is 11.8 Å². The number of hydrazone groups is 1. The molecule has 0 spiro atoms. The molecule has 0 saturated carbocycles. The topological polar surface area (TPSA) is 127 Å². The van der Waals surface area contributed by atoms with E-state index in [0.717, 1.165) is 18.4 Å². The molecule has 1 aliphatic heterocycles. The Labute approximate surface area is 214 Å². The Morgan fingerprint density at radius 3 is 2.69 bits per heavy atom. The number of hydrogen-bond acceptors (Lipinski definition) is 7. The number of benzene rings is 2. The predicted molar refractivity (Wildman–Crippen MR) is 136 cm³/mol. The van der Waals surface area contributed by atoms with Crippen LogP contribution in [0.4, 0.5) is 5.69 Å². The number of carbonyl (C=O) groups is 3. The van der Waals surface area contributed by atoms with Crippen molar-refractivity contribution >= 4 is 41.2 Å². The number of aryl methyl sites for hydroxylation is 1. The molecule has 11 heteroatoms. The highest BCUT2D eigenvalue weighted by Crippen LogP contribution is 2.28. The molecule has 0 bridgehead atoms. The number of carbonyl (C=O) groups excluding carboxylic acids is 3. The summed E-state index contributed by atoms with van der Waals surface area (Å²) in [6.07, 6.45) is 3.11. The van der Waals surface area contributed by atoms with E-state index in [1.165, 1.54) is 6.21 Å². The van der Waals surface area contributed by atoms with Gasteiger partial charge in [-0.2, -0.15) is 5.10 Å². The van der Waals surface area contributed by atoms with Gasteiger partial charge in [0.2, 0.25) is 0 Å².